The molecule has 0 spiro atoms. The second-order valence-corrected chi connectivity index (χ2v) is 7.67. The minimum absolute atomic E-state index is 0.339. The van der Waals surface area contributed by atoms with Crippen molar-refractivity contribution in [1.82, 2.24) is 4.90 Å². The Kier molecular flexibility index (Phi) is 5.27. The maximum Gasteiger partial charge on any atom is 0.115 e. The Morgan fingerprint density at radius 3 is 2.83 bits per heavy atom. The highest BCUT2D eigenvalue weighted by Gasteiger charge is 2.29. The third-order valence-electron chi connectivity index (χ3n) is 4.79. The van der Waals surface area contributed by atoms with E-state index in [9.17, 15) is 5.11 Å². The molecule has 24 heavy (non-hydrogen) atoms. The Balaban J connectivity index is 1.78. The van der Waals surface area contributed by atoms with Gasteiger partial charge in [0.15, 0.2) is 0 Å². The predicted octanol–water partition coefficient (Wildman–Crippen LogP) is 4.13. The normalized spacial score (nSPS) is 21.8. The molecule has 1 saturated heterocycles. The maximum absolute atomic E-state index is 9.70. The van der Waals surface area contributed by atoms with Gasteiger partial charge in [0.25, 0.3) is 0 Å². The Labute approximate surface area is 148 Å². The zero-order valence-corrected chi connectivity index (χ0v) is 15.3. The van der Waals surface area contributed by atoms with Gasteiger partial charge in [-0.25, -0.2) is 0 Å². The molecule has 1 aromatic heterocycles. The predicted molar refractivity (Wildman–Crippen MR) is 103 cm³/mol. The van der Waals surface area contributed by atoms with Gasteiger partial charge in [-0.05, 0) is 43.0 Å². The lowest BCUT2D eigenvalue weighted by molar-refractivity contribution is 0.184. The minimum atomic E-state index is 0.339. The second-order valence-electron chi connectivity index (χ2n) is 6.67. The number of benzene rings is 1. The van der Waals surface area contributed by atoms with Crippen LogP contribution in [0, 0.1) is 0 Å². The number of anilines is 1. The Morgan fingerprint density at radius 1 is 1.25 bits per heavy atom. The lowest BCUT2D eigenvalue weighted by atomic mass is 10.1. The van der Waals surface area contributed by atoms with Crippen LogP contribution >= 0.6 is 11.3 Å². The zero-order chi connectivity index (χ0) is 17.1. The monoisotopic (exact) mass is 342 g/mol. The van der Waals surface area contributed by atoms with Gasteiger partial charge in [0.05, 0.1) is 5.69 Å². The number of thiophene rings is 1. The molecule has 0 aliphatic carbocycles. The first-order chi connectivity index (χ1) is 11.6. The molecule has 1 aliphatic rings. The summed E-state index contributed by atoms with van der Waals surface area (Å²) in [6.07, 6.45) is 2.87. The molecule has 2 heterocycles. The number of rotatable bonds is 5. The summed E-state index contributed by atoms with van der Waals surface area (Å²) in [7, 11) is 0. The van der Waals surface area contributed by atoms with Gasteiger partial charge in [-0.15, -0.1) is 17.9 Å². The van der Waals surface area contributed by atoms with Gasteiger partial charge >= 0.3 is 0 Å². The smallest absolute Gasteiger partial charge is 0.115 e. The number of nitrogens with zero attached hydrogens (tertiary/aromatic N) is 2. The summed E-state index contributed by atoms with van der Waals surface area (Å²) in [5, 5.41) is 11.9. The van der Waals surface area contributed by atoms with Crippen molar-refractivity contribution in [3.63, 3.8) is 0 Å². The fourth-order valence-electron chi connectivity index (χ4n) is 3.53. The van der Waals surface area contributed by atoms with Crippen LogP contribution in [0.15, 0.2) is 48.4 Å². The molecule has 0 saturated carbocycles. The summed E-state index contributed by atoms with van der Waals surface area (Å²) in [6.45, 7) is 11.5. The topological polar surface area (TPSA) is 26.7 Å². The largest absolute Gasteiger partial charge is 0.508 e. The van der Waals surface area contributed by atoms with E-state index in [1.165, 1.54) is 10.6 Å². The highest BCUT2D eigenvalue weighted by atomic mass is 32.1. The van der Waals surface area contributed by atoms with E-state index in [1.54, 1.807) is 17.4 Å². The lowest BCUT2D eigenvalue weighted by Crippen LogP contribution is -2.56. The standard InChI is InChI=1S/C20H26N2OS/c1-4-9-21-13-16(3)22(14-15(21)2)19-8-10-24-20(19)12-17-6-5-7-18(23)11-17/h4-8,10-11,15-16,23H,1,9,12-14H2,2-3H3/t15-,16+/m0/s1. The van der Waals surface area contributed by atoms with Crippen molar-refractivity contribution < 1.29 is 5.11 Å². The summed E-state index contributed by atoms with van der Waals surface area (Å²) in [5.41, 5.74) is 2.51. The van der Waals surface area contributed by atoms with Crippen LogP contribution in [0.3, 0.4) is 0 Å². The highest BCUT2D eigenvalue weighted by molar-refractivity contribution is 7.10. The molecule has 0 amide bonds. The fourth-order valence-corrected chi connectivity index (χ4v) is 4.45. The van der Waals surface area contributed by atoms with E-state index in [4.69, 9.17) is 0 Å². The summed E-state index contributed by atoms with van der Waals surface area (Å²) in [6, 6.07) is 10.8. The van der Waals surface area contributed by atoms with E-state index in [1.807, 2.05) is 18.2 Å². The van der Waals surface area contributed by atoms with Crippen LogP contribution in [0.2, 0.25) is 0 Å². The first-order valence-electron chi connectivity index (χ1n) is 8.54. The maximum atomic E-state index is 9.70. The molecular formula is C20H26N2OS. The van der Waals surface area contributed by atoms with E-state index in [0.29, 0.717) is 17.8 Å². The van der Waals surface area contributed by atoms with Gasteiger partial charge < -0.3 is 10.0 Å². The van der Waals surface area contributed by atoms with Crippen LogP contribution in [-0.4, -0.2) is 41.7 Å². The van der Waals surface area contributed by atoms with Crippen molar-refractivity contribution in [2.75, 3.05) is 24.5 Å². The fraction of sp³-hybridized carbons (Fsp3) is 0.400. The van der Waals surface area contributed by atoms with Gasteiger partial charge in [0.1, 0.15) is 5.75 Å². The molecule has 1 aromatic carbocycles. The number of piperazine rings is 1. The summed E-state index contributed by atoms with van der Waals surface area (Å²) < 4.78 is 0. The molecule has 1 N–H and O–H groups in total. The van der Waals surface area contributed by atoms with Crippen LogP contribution in [-0.2, 0) is 6.42 Å². The molecule has 4 heteroatoms. The van der Waals surface area contributed by atoms with Crippen LogP contribution in [0.1, 0.15) is 24.3 Å². The first-order valence-corrected chi connectivity index (χ1v) is 9.42. The highest BCUT2D eigenvalue weighted by Crippen LogP contribution is 2.32. The number of aromatic hydroxyl groups is 1. The molecular weight excluding hydrogens is 316 g/mol. The first kappa shape index (κ1) is 17.1. The molecule has 0 unspecified atom stereocenters. The zero-order valence-electron chi connectivity index (χ0n) is 14.5. The van der Waals surface area contributed by atoms with Crippen LogP contribution in [0.25, 0.3) is 0 Å². The van der Waals surface area contributed by atoms with E-state index >= 15 is 0 Å². The number of phenols is 1. The summed E-state index contributed by atoms with van der Waals surface area (Å²) >= 11 is 1.81. The third kappa shape index (κ3) is 3.65. The van der Waals surface area contributed by atoms with Crippen molar-refractivity contribution >= 4 is 17.0 Å². The van der Waals surface area contributed by atoms with Gasteiger partial charge in [-0.3, -0.25) is 4.90 Å². The molecule has 1 fully saturated rings. The van der Waals surface area contributed by atoms with Crippen LogP contribution < -0.4 is 4.90 Å². The van der Waals surface area contributed by atoms with Crippen LogP contribution in [0.4, 0.5) is 5.69 Å². The third-order valence-corrected chi connectivity index (χ3v) is 5.70. The molecule has 2 aromatic rings. The van der Waals surface area contributed by atoms with Gasteiger partial charge in [-0.1, -0.05) is 18.2 Å². The van der Waals surface area contributed by atoms with Crippen molar-refractivity contribution in [3.05, 3.63) is 58.8 Å². The average molecular weight is 343 g/mol. The average Bonchev–Trinajstić information content (AvgIpc) is 2.99. The van der Waals surface area contributed by atoms with E-state index in [-0.39, 0.29) is 0 Å². The van der Waals surface area contributed by atoms with Crippen molar-refractivity contribution in [2.45, 2.75) is 32.4 Å². The Bertz CT molecular complexity index is 696. The minimum Gasteiger partial charge on any atom is -0.508 e. The van der Waals surface area contributed by atoms with Crippen molar-refractivity contribution in [3.8, 4) is 5.75 Å². The SMILES string of the molecule is C=CCN1C[C@@H](C)N(c2ccsc2Cc2cccc(O)c2)C[C@@H]1C. The Morgan fingerprint density at radius 2 is 2.08 bits per heavy atom. The van der Waals surface area contributed by atoms with Gasteiger partial charge in [-0.2, -0.15) is 0 Å². The van der Waals surface area contributed by atoms with Crippen molar-refractivity contribution in [2.24, 2.45) is 0 Å². The van der Waals surface area contributed by atoms with Crippen LogP contribution in [0.5, 0.6) is 5.75 Å². The number of hydrogen-bond donors (Lipinski definition) is 1. The number of phenolic OH excluding ortho intramolecular Hbond substituents is 1. The van der Waals surface area contributed by atoms with E-state index < -0.39 is 0 Å². The second kappa shape index (κ2) is 7.41. The Hall–Kier alpha value is -1.78. The quantitative estimate of drug-likeness (QED) is 0.828. The van der Waals surface area contributed by atoms with E-state index in [2.05, 4.69) is 47.7 Å². The molecule has 3 rings (SSSR count). The molecule has 0 radical (unpaired) electrons. The summed E-state index contributed by atoms with van der Waals surface area (Å²) in [4.78, 5) is 6.41. The van der Waals surface area contributed by atoms with Gasteiger partial charge in [0.2, 0.25) is 0 Å². The number of hydrogen-bond acceptors (Lipinski definition) is 4. The molecule has 1 aliphatic heterocycles. The molecule has 2 atom stereocenters. The van der Waals surface area contributed by atoms with Crippen molar-refractivity contribution in [1.29, 1.82) is 0 Å². The molecule has 3 nitrogen and oxygen atoms in total. The lowest BCUT2D eigenvalue weighted by Gasteiger charge is -2.45. The van der Waals surface area contributed by atoms with E-state index in [0.717, 1.165) is 31.6 Å². The molecule has 0 bridgehead atoms. The molecule has 128 valence electrons. The van der Waals surface area contributed by atoms with Gasteiger partial charge in [0, 0.05) is 43.0 Å². The summed E-state index contributed by atoms with van der Waals surface area (Å²) in [5.74, 6) is 0.339.